The number of hydrogen-bond acceptors (Lipinski definition) is 3. The van der Waals surface area contributed by atoms with E-state index >= 15 is 0 Å². The topological polar surface area (TPSA) is 38.7 Å². The number of methoxy groups -OCH3 is 1. The van der Waals surface area contributed by atoms with Gasteiger partial charge in [0.2, 0.25) is 0 Å². The molecule has 1 atom stereocenters. The highest BCUT2D eigenvalue weighted by molar-refractivity contribution is 5.85. The van der Waals surface area contributed by atoms with Crippen LogP contribution in [0, 0.1) is 5.92 Å². The fraction of sp³-hybridized carbons (Fsp3) is 0.375. The van der Waals surface area contributed by atoms with E-state index in [1.54, 1.807) is 7.11 Å². The first-order valence-corrected chi connectivity index (χ1v) is 6.49. The maximum Gasteiger partial charge on any atom is 0.146 e. The van der Waals surface area contributed by atoms with Gasteiger partial charge in [-0.25, -0.2) is 0 Å². The maximum absolute atomic E-state index is 9.44. The Morgan fingerprint density at radius 2 is 1.89 bits per heavy atom. The highest BCUT2D eigenvalue weighted by atomic mass is 16.7. The van der Waals surface area contributed by atoms with Gasteiger partial charge in [-0.3, -0.25) is 0 Å². The quantitative estimate of drug-likeness (QED) is 0.614. The van der Waals surface area contributed by atoms with Gasteiger partial charge in [-0.15, -0.1) is 0 Å². The van der Waals surface area contributed by atoms with Crippen molar-refractivity contribution in [3.05, 3.63) is 48.0 Å². The summed E-state index contributed by atoms with van der Waals surface area (Å²) in [6.07, 6.45) is 0.807. The smallest absolute Gasteiger partial charge is 0.146 e. The minimum absolute atomic E-state index is 0.0981. The molecule has 0 radical (unpaired) electrons. The Bertz CT molecular complexity index is 505. The number of ether oxygens (including phenoxy) is 2. The monoisotopic (exact) mass is 260 g/mol. The fourth-order valence-electron chi connectivity index (χ4n) is 2.26. The zero-order chi connectivity index (χ0) is 13.5. The van der Waals surface area contributed by atoms with E-state index in [4.69, 9.17) is 9.47 Å². The summed E-state index contributed by atoms with van der Waals surface area (Å²) in [4.78, 5) is 0. The molecule has 0 unspecified atom stereocenters. The van der Waals surface area contributed by atoms with E-state index in [1.807, 2.05) is 12.1 Å². The third-order valence-electron chi connectivity index (χ3n) is 3.20. The summed E-state index contributed by atoms with van der Waals surface area (Å²) in [6.45, 7) is 0.895. The Morgan fingerprint density at radius 3 is 2.68 bits per heavy atom. The Hall–Kier alpha value is -1.42. The van der Waals surface area contributed by atoms with Crippen LogP contribution in [0.2, 0.25) is 0 Å². The van der Waals surface area contributed by atoms with Gasteiger partial charge in [0, 0.05) is 19.6 Å². The number of rotatable bonds is 7. The van der Waals surface area contributed by atoms with E-state index < -0.39 is 0 Å². The molecule has 19 heavy (non-hydrogen) atoms. The number of hydrogen-bond donors (Lipinski definition) is 1. The zero-order valence-electron chi connectivity index (χ0n) is 11.2. The Morgan fingerprint density at radius 1 is 1.11 bits per heavy atom. The highest BCUT2D eigenvalue weighted by Crippen LogP contribution is 2.21. The first-order valence-electron chi connectivity index (χ1n) is 6.49. The van der Waals surface area contributed by atoms with Crippen LogP contribution in [0.1, 0.15) is 5.56 Å². The van der Waals surface area contributed by atoms with Gasteiger partial charge in [0.1, 0.15) is 6.79 Å². The van der Waals surface area contributed by atoms with Crippen LogP contribution in [0.3, 0.4) is 0 Å². The Balaban J connectivity index is 2.10. The molecule has 1 N–H and O–H groups in total. The van der Waals surface area contributed by atoms with Crippen LogP contribution in [-0.2, 0) is 15.9 Å². The van der Waals surface area contributed by atoms with Crippen LogP contribution < -0.4 is 0 Å². The second-order valence-corrected chi connectivity index (χ2v) is 4.67. The molecule has 2 aromatic carbocycles. The largest absolute Gasteiger partial charge is 0.396 e. The maximum atomic E-state index is 9.44. The van der Waals surface area contributed by atoms with Gasteiger partial charge in [0.25, 0.3) is 0 Å². The molecule has 0 aliphatic heterocycles. The third kappa shape index (κ3) is 3.77. The molecule has 0 aromatic heterocycles. The van der Waals surface area contributed by atoms with Crippen LogP contribution >= 0.6 is 0 Å². The van der Waals surface area contributed by atoms with Crippen molar-refractivity contribution in [2.24, 2.45) is 5.92 Å². The average molecular weight is 260 g/mol. The Kier molecular flexibility index (Phi) is 5.33. The average Bonchev–Trinajstić information content (AvgIpc) is 2.46. The van der Waals surface area contributed by atoms with Crippen molar-refractivity contribution in [2.75, 3.05) is 27.1 Å². The third-order valence-corrected chi connectivity index (χ3v) is 3.20. The van der Waals surface area contributed by atoms with Crippen molar-refractivity contribution >= 4 is 10.8 Å². The molecule has 0 aliphatic carbocycles. The van der Waals surface area contributed by atoms with Crippen molar-refractivity contribution in [1.82, 2.24) is 0 Å². The minimum Gasteiger partial charge on any atom is -0.396 e. The van der Waals surface area contributed by atoms with Gasteiger partial charge in [0.15, 0.2) is 0 Å². The number of fused-ring (bicyclic) bond motifs is 1. The van der Waals surface area contributed by atoms with Crippen LogP contribution in [0.4, 0.5) is 0 Å². The van der Waals surface area contributed by atoms with Gasteiger partial charge in [-0.2, -0.15) is 0 Å². The molecule has 3 nitrogen and oxygen atoms in total. The van der Waals surface area contributed by atoms with Gasteiger partial charge in [-0.1, -0.05) is 42.5 Å². The second kappa shape index (κ2) is 7.24. The van der Waals surface area contributed by atoms with Crippen LogP contribution in [0.15, 0.2) is 42.5 Å². The fourth-order valence-corrected chi connectivity index (χ4v) is 2.26. The molecule has 0 heterocycles. The van der Waals surface area contributed by atoms with E-state index in [1.165, 1.54) is 16.3 Å². The lowest BCUT2D eigenvalue weighted by molar-refractivity contribution is -0.0488. The second-order valence-electron chi connectivity index (χ2n) is 4.67. The molecule has 0 aliphatic rings. The van der Waals surface area contributed by atoms with Gasteiger partial charge in [0.05, 0.1) is 6.61 Å². The summed E-state index contributed by atoms with van der Waals surface area (Å²) in [5.41, 5.74) is 1.25. The minimum atomic E-state index is 0.0981. The molecule has 102 valence electrons. The molecular formula is C16H20O3. The van der Waals surface area contributed by atoms with E-state index in [0.29, 0.717) is 6.61 Å². The lowest BCUT2D eigenvalue weighted by Crippen LogP contribution is -2.17. The molecule has 0 saturated carbocycles. The summed E-state index contributed by atoms with van der Waals surface area (Å²) in [7, 11) is 1.60. The SMILES string of the molecule is COCOC[C@H](CO)Cc1cccc2ccccc12. The van der Waals surface area contributed by atoms with E-state index in [-0.39, 0.29) is 19.3 Å². The Labute approximate surface area is 113 Å². The van der Waals surface area contributed by atoms with Crippen LogP contribution in [0.25, 0.3) is 10.8 Å². The summed E-state index contributed by atoms with van der Waals surface area (Å²) in [5.74, 6) is 0.0981. The summed E-state index contributed by atoms with van der Waals surface area (Å²) < 4.78 is 10.2. The lowest BCUT2D eigenvalue weighted by atomic mass is 9.96. The van der Waals surface area contributed by atoms with Crippen molar-refractivity contribution in [3.63, 3.8) is 0 Å². The van der Waals surface area contributed by atoms with Crippen molar-refractivity contribution in [2.45, 2.75) is 6.42 Å². The summed E-state index contributed by atoms with van der Waals surface area (Å²) in [6, 6.07) is 14.6. The van der Waals surface area contributed by atoms with Crippen LogP contribution in [0.5, 0.6) is 0 Å². The normalized spacial score (nSPS) is 12.7. The van der Waals surface area contributed by atoms with E-state index in [0.717, 1.165) is 6.42 Å². The molecule has 3 heteroatoms. The van der Waals surface area contributed by atoms with E-state index in [2.05, 4.69) is 30.3 Å². The first kappa shape index (κ1) is 14.0. The van der Waals surface area contributed by atoms with Crippen molar-refractivity contribution in [3.8, 4) is 0 Å². The highest BCUT2D eigenvalue weighted by Gasteiger charge is 2.11. The molecular weight excluding hydrogens is 240 g/mol. The van der Waals surface area contributed by atoms with Crippen LogP contribution in [-0.4, -0.2) is 32.2 Å². The van der Waals surface area contributed by atoms with Gasteiger partial charge in [-0.05, 0) is 22.8 Å². The number of aliphatic hydroxyl groups is 1. The predicted molar refractivity (Wildman–Crippen MR) is 76.1 cm³/mol. The molecule has 2 aromatic rings. The molecule has 0 amide bonds. The van der Waals surface area contributed by atoms with Crippen molar-refractivity contribution < 1.29 is 14.6 Å². The van der Waals surface area contributed by atoms with E-state index in [9.17, 15) is 5.11 Å². The standard InChI is InChI=1S/C16H20O3/c1-18-12-19-11-13(10-17)9-15-7-4-6-14-5-2-3-8-16(14)15/h2-8,13,17H,9-12H2,1H3/t13-/m0/s1. The predicted octanol–water partition coefficient (Wildman–Crippen LogP) is 2.61. The zero-order valence-corrected chi connectivity index (χ0v) is 11.2. The summed E-state index contributed by atoms with van der Waals surface area (Å²) >= 11 is 0. The molecule has 2 rings (SSSR count). The van der Waals surface area contributed by atoms with Gasteiger partial charge < -0.3 is 14.6 Å². The molecule has 0 bridgehead atoms. The van der Waals surface area contributed by atoms with Crippen molar-refractivity contribution in [1.29, 1.82) is 0 Å². The number of benzene rings is 2. The number of aliphatic hydroxyl groups excluding tert-OH is 1. The molecule has 0 spiro atoms. The molecule has 0 saturated heterocycles. The lowest BCUT2D eigenvalue weighted by Gasteiger charge is -2.15. The molecule has 0 fully saturated rings. The van der Waals surface area contributed by atoms with Gasteiger partial charge >= 0.3 is 0 Å². The summed E-state index contributed by atoms with van der Waals surface area (Å²) in [5, 5.41) is 11.9. The first-order chi connectivity index (χ1) is 9.35.